The summed E-state index contributed by atoms with van der Waals surface area (Å²) in [5.74, 6) is 0.175. The summed E-state index contributed by atoms with van der Waals surface area (Å²) in [5.41, 5.74) is 3.30. The van der Waals surface area contributed by atoms with Gasteiger partial charge in [0.15, 0.2) is 0 Å². The fourth-order valence-electron chi connectivity index (χ4n) is 3.42. The number of morpholine rings is 1. The molecule has 0 radical (unpaired) electrons. The van der Waals surface area contributed by atoms with E-state index in [0.717, 1.165) is 75.0 Å². The second-order valence-corrected chi connectivity index (χ2v) is 8.09. The van der Waals surface area contributed by atoms with Gasteiger partial charge in [0.2, 0.25) is 5.91 Å². The van der Waals surface area contributed by atoms with E-state index in [9.17, 15) is 4.79 Å². The van der Waals surface area contributed by atoms with Crippen LogP contribution in [0.5, 0.6) is 0 Å². The second-order valence-electron chi connectivity index (χ2n) is 7.24. The third kappa shape index (κ3) is 5.87. The van der Waals surface area contributed by atoms with Crippen LogP contribution in [0.25, 0.3) is 10.6 Å². The molecule has 0 aliphatic carbocycles. The lowest BCUT2D eigenvalue weighted by Gasteiger charge is -2.26. The first kappa shape index (κ1) is 21.0. The number of aromatic nitrogens is 1. The van der Waals surface area contributed by atoms with Crippen molar-refractivity contribution in [1.29, 1.82) is 0 Å². The number of hydrogen-bond donors (Lipinski definition) is 0. The number of amides is 1. The SMILES string of the molecule is CCCCN(CC)C(=O)Cc1csc(-c2cccc(CN3CCOCC3)c2)n1. The van der Waals surface area contributed by atoms with Gasteiger partial charge >= 0.3 is 0 Å². The Morgan fingerprint density at radius 3 is 2.86 bits per heavy atom. The number of nitrogens with zero attached hydrogens (tertiary/aromatic N) is 3. The lowest BCUT2D eigenvalue weighted by Crippen LogP contribution is -2.35. The maximum atomic E-state index is 12.5. The van der Waals surface area contributed by atoms with Gasteiger partial charge in [-0.3, -0.25) is 9.69 Å². The molecular weight excluding hydrogens is 370 g/mol. The fraction of sp³-hybridized carbons (Fsp3) is 0.545. The molecule has 0 atom stereocenters. The molecule has 1 aliphatic heterocycles. The van der Waals surface area contributed by atoms with Crippen LogP contribution in [-0.4, -0.2) is 60.1 Å². The third-order valence-electron chi connectivity index (χ3n) is 5.08. The zero-order valence-corrected chi connectivity index (χ0v) is 17.8. The first-order chi connectivity index (χ1) is 13.7. The Bertz CT molecular complexity index is 756. The van der Waals surface area contributed by atoms with Crippen molar-refractivity contribution in [1.82, 2.24) is 14.8 Å². The van der Waals surface area contributed by atoms with Crippen LogP contribution in [0.4, 0.5) is 0 Å². The third-order valence-corrected chi connectivity index (χ3v) is 6.02. The molecule has 28 heavy (non-hydrogen) atoms. The molecular formula is C22H31N3O2S. The summed E-state index contributed by atoms with van der Waals surface area (Å²) in [5, 5.41) is 3.01. The number of ether oxygens (including phenoxy) is 1. The smallest absolute Gasteiger partial charge is 0.228 e. The number of carbonyl (C=O) groups is 1. The highest BCUT2D eigenvalue weighted by atomic mass is 32.1. The summed E-state index contributed by atoms with van der Waals surface area (Å²) in [7, 11) is 0. The standard InChI is InChI=1S/C22H31N3O2S/c1-3-5-9-25(4-2)21(26)15-20-17-28-22(23-20)19-8-6-7-18(14-19)16-24-10-12-27-13-11-24/h6-8,14,17H,3-5,9-13,15-16H2,1-2H3. The molecule has 0 bridgehead atoms. The van der Waals surface area contributed by atoms with Crippen molar-refractivity contribution < 1.29 is 9.53 Å². The molecule has 1 aromatic carbocycles. The average molecular weight is 402 g/mol. The molecule has 1 amide bonds. The lowest BCUT2D eigenvalue weighted by molar-refractivity contribution is -0.130. The number of likely N-dealkylation sites (N-methyl/N-ethyl adjacent to an activating group) is 1. The summed E-state index contributed by atoms with van der Waals surface area (Å²) in [4.78, 5) is 21.6. The summed E-state index contributed by atoms with van der Waals surface area (Å²) in [6.45, 7) is 10.3. The highest BCUT2D eigenvalue weighted by Crippen LogP contribution is 2.25. The van der Waals surface area contributed by atoms with Gasteiger partial charge in [-0.05, 0) is 25.0 Å². The molecule has 1 aromatic heterocycles. The molecule has 0 unspecified atom stereocenters. The summed E-state index contributed by atoms with van der Waals surface area (Å²) in [6.07, 6.45) is 2.55. The van der Waals surface area contributed by atoms with Crippen molar-refractivity contribution in [3.05, 3.63) is 40.9 Å². The van der Waals surface area contributed by atoms with Crippen molar-refractivity contribution in [3.63, 3.8) is 0 Å². The monoisotopic (exact) mass is 401 g/mol. The van der Waals surface area contributed by atoms with E-state index < -0.39 is 0 Å². The predicted octanol–water partition coefficient (Wildman–Crippen LogP) is 3.83. The van der Waals surface area contributed by atoms with Crippen LogP contribution >= 0.6 is 11.3 Å². The zero-order chi connectivity index (χ0) is 19.8. The minimum absolute atomic E-state index is 0.175. The maximum Gasteiger partial charge on any atom is 0.228 e. The van der Waals surface area contributed by atoms with Gasteiger partial charge in [0.25, 0.3) is 0 Å². The van der Waals surface area contributed by atoms with Crippen molar-refractivity contribution in [3.8, 4) is 10.6 Å². The minimum Gasteiger partial charge on any atom is -0.379 e. The summed E-state index contributed by atoms with van der Waals surface area (Å²) >= 11 is 1.62. The van der Waals surface area contributed by atoms with E-state index in [1.165, 1.54) is 5.56 Å². The Hall–Kier alpha value is -1.76. The number of rotatable bonds is 9. The maximum absolute atomic E-state index is 12.5. The number of carbonyl (C=O) groups excluding carboxylic acids is 1. The highest BCUT2D eigenvalue weighted by molar-refractivity contribution is 7.13. The van der Waals surface area contributed by atoms with Crippen LogP contribution in [0, 0.1) is 0 Å². The van der Waals surface area contributed by atoms with Crippen molar-refractivity contribution in [2.75, 3.05) is 39.4 Å². The van der Waals surface area contributed by atoms with E-state index in [1.807, 2.05) is 17.2 Å². The van der Waals surface area contributed by atoms with E-state index in [0.29, 0.717) is 6.42 Å². The Morgan fingerprint density at radius 1 is 1.29 bits per heavy atom. The quantitative estimate of drug-likeness (QED) is 0.641. The first-order valence-corrected chi connectivity index (χ1v) is 11.2. The van der Waals surface area contributed by atoms with Gasteiger partial charge in [0.05, 0.1) is 25.3 Å². The van der Waals surface area contributed by atoms with Crippen molar-refractivity contribution in [2.24, 2.45) is 0 Å². The van der Waals surface area contributed by atoms with E-state index >= 15 is 0 Å². The molecule has 2 aromatic rings. The molecule has 1 fully saturated rings. The van der Waals surface area contributed by atoms with Gasteiger partial charge in [0.1, 0.15) is 5.01 Å². The summed E-state index contributed by atoms with van der Waals surface area (Å²) in [6, 6.07) is 8.59. The molecule has 0 saturated carbocycles. The van der Waals surface area contributed by atoms with Crippen LogP contribution < -0.4 is 0 Å². The van der Waals surface area contributed by atoms with Crippen molar-refractivity contribution >= 4 is 17.2 Å². The minimum atomic E-state index is 0.175. The van der Waals surface area contributed by atoms with Gasteiger partial charge in [-0.2, -0.15) is 0 Å². The van der Waals surface area contributed by atoms with E-state index in [-0.39, 0.29) is 5.91 Å². The second kappa shape index (κ2) is 10.7. The van der Waals surface area contributed by atoms with Crippen molar-refractivity contribution in [2.45, 2.75) is 39.7 Å². The number of hydrogen-bond acceptors (Lipinski definition) is 5. The normalized spacial score (nSPS) is 14.9. The van der Waals surface area contributed by atoms with E-state index in [4.69, 9.17) is 9.72 Å². The zero-order valence-electron chi connectivity index (χ0n) is 17.0. The van der Waals surface area contributed by atoms with Crippen LogP contribution in [0.1, 0.15) is 37.9 Å². The molecule has 0 N–H and O–H groups in total. The Morgan fingerprint density at radius 2 is 2.11 bits per heavy atom. The molecule has 6 heteroatoms. The van der Waals surface area contributed by atoms with Crippen LogP contribution in [0.2, 0.25) is 0 Å². The summed E-state index contributed by atoms with van der Waals surface area (Å²) < 4.78 is 5.43. The van der Waals surface area contributed by atoms with Gasteiger partial charge in [-0.25, -0.2) is 4.98 Å². The Labute approximate surface area is 172 Å². The van der Waals surface area contributed by atoms with Gasteiger partial charge in [-0.15, -0.1) is 11.3 Å². The largest absolute Gasteiger partial charge is 0.379 e. The molecule has 2 heterocycles. The molecule has 3 rings (SSSR count). The van der Waals surface area contributed by atoms with Gasteiger partial charge in [-0.1, -0.05) is 31.5 Å². The number of unbranched alkanes of at least 4 members (excludes halogenated alkanes) is 1. The van der Waals surface area contributed by atoms with Gasteiger partial charge < -0.3 is 9.64 Å². The molecule has 5 nitrogen and oxygen atoms in total. The first-order valence-electron chi connectivity index (χ1n) is 10.3. The number of benzene rings is 1. The van der Waals surface area contributed by atoms with Gasteiger partial charge in [0, 0.05) is 43.7 Å². The highest BCUT2D eigenvalue weighted by Gasteiger charge is 2.15. The van der Waals surface area contributed by atoms with E-state index in [1.54, 1.807) is 11.3 Å². The fourth-order valence-corrected chi connectivity index (χ4v) is 4.23. The number of thiazole rings is 1. The predicted molar refractivity (Wildman–Crippen MR) is 115 cm³/mol. The van der Waals surface area contributed by atoms with Crippen LogP contribution in [-0.2, 0) is 22.5 Å². The Balaban J connectivity index is 1.63. The molecule has 1 saturated heterocycles. The van der Waals surface area contributed by atoms with Crippen LogP contribution in [0.15, 0.2) is 29.6 Å². The van der Waals surface area contributed by atoms with E-state index in [2.05, 4.69) is 36.1 Å². The topological polar surface area (TPSA) is 45.7 Å². The van der Waals surface area contributed by atoms with Crippen LogP contribution in [0.3, 0.4) is 0 Å². The average Bonchev–Trinajstić information content (AvgIpc) is 3.18. The molecule has 0 spiro atoms. The molecule has 152 valence electrons. The Kier molecular flexibility index (Phi) is 8.01. The molecule has 1 aliphatic rings. The lowest BCUT2D eigenvalue weighted by atomic mass is 10.1.